The van der Waals surface area contributed by atoms with Crippen LogP contribution in [0.25, 0.3) is 0 Å². The molecule has 0 saturated carbocycles. The molecule has 0 fully saturated rings. The average Bonchev–Trinajstić information content (AvgIpc) is 3.45. The molecular weight excluding hydrogens is 973 g/mol. The quantitative estimate of drug-likeness (QED) is 0.0261. The highest BCUT2D eigenvalue weighted by molar-refractivity contribution is 5.71. The van der Waals surface area contributed by atoms with Gasteiger partial charge in [0.25, 0.3) is 0 Å². The van der Waals surface area contributed by atoms with Crippen molar-refractivity contribution < 1.29 is 28.6 Å². The van der Waals surface area contributed by atoms with Gasteiger partial charge in [-0.2, -0.15) is 0 Å². The Kier molecular flexibility index (Phi) is 60.1. The number of carbonyl (C=O) groups excluding carboxylic acids is 3. The van der Waals surface area contributed by atoms with E-state index in [-0.39, 0.29) is 44.0 Å². The van der Waals surface area contributed by atoms with E-state index in [2.05, 4.69) is 215 Å². The van der Waals surface area contributed by atoms with E-state index in [0.29, 0.717) is 12.8 Å². The van der Waals surface area contributed by atoms with Crippen molar-refractivity contribution in [3.8, 4) is 0 Å². The molecule has 6 heteroatoms. The molecule has 1 atom stereocenters. The Morgan fingerprint density at radius 1 is 0.266 bits per heavy atom. The van der Waals surface area contributed by atoms with Gasteiger partial charge in [-0.25, -0.2) is 0 Å². The first-order valence-electron chi connectivity index (χ1n) is 30.9. The first-order chi connectivity index (χ1) is 39.0. The lowest BCUT2D eigenvalue weighted by Gasteiger charge is -2.18. The van der Waals surface area contributed by atoms with Crippen molar-refractivity contribution in [3.05, 3.63) is 194 Å². The van der Waals surface area contributed by atoms with E-state index >= 15 is 0 Å². The van der Waals surface area contributed by atoms with Crippen molar-refractivity contribution in [3.63, 3.8) is 0 Å². The molecule has 0 heterocycles. The predicted octanol–water partition coefficient (Wildman–Crippen LogP) is 21.4. The second-order valence-corrected chi connectivity index (χ2v) is 19.5. The maximum atomic E-state index is 12.8. The molecule has 6 nitrogen and oxygen atoms in total. The number of carbonyl (C=O) groups is 3. The van der Waals surface area contributed by atoms with Crippen LogP contribution in [0, 0.1) is 0 Å². The average molecular weight is 1080 g/mol. The molecule has 0 N–H and O–H groups in total. The smallest absolute Gasteiger partial charge is 0.306 e. The highest BCUT2D eigenvalue weighted by Crippen LogP contribution is 2.12. The molecule has 0 spiro atoms. The highest BCUT2D eigenvalue weighted by atomic mass is 16.6. The Bertz CT molecular complexity index is 1920. The molecule has 0 aromatic carbocycles. The monoisotopic (exact) mass is 1080 g/mol. The predicted molar refractivity (Wildman–Crippen MR) is 343 cm³/mol. The number of rotatable bonds is 53. The lowest BCUT2D eigenvalue weighted by atomic mass is 10.1. The molecule has 0 rings (SSSR count). The number of allylic oxidation sites excluding steroid dienone is 32. The van der Waals surface area contributed by atoms with Crippen LogP contribution in [0.15, 0.2) is 194 Å². The zero-order valence-electron chi connectivity index (χ0n) is 50.0. The van der Waals surface area contributed by atoms with Crippen LogP contribution in [0.4, 0.5) is 0 Å². The lowest BCUT2D eigenvalue weighted by Crippen LogP contribution is -2.30. The summed E-state index contributed by atoms with van der Waals surface area (Å²) in [5.74, 6) is -1.01. The summed E-state index contributed by atoms with van der Waals surface area (Å²) in [5, 5.41) is 0. The SMILES string of the molecule is CC/C=C\C/C=C\C/C=C\C/C=C\C/C=C\C/C=C\C/C=C\C/C=C\C/C=C\C/C=C\CCCCC(=O)OCC(COC(=O)CCCCCCC)OC(=O)CCCCCC/C=C\C/C=C\C/C=C\C/C=C\C/C=C\C/C=C\CC. The van der Waals surface area contributed by atoms with E-state index in [1.54, 1.807) is 0 Å². The molecule has 0 aliphatic rings. The van der Waals surface area contributed by atoms with Gasteiger partial charge in [0.1, 0.15) is 13.2 Å². The number of unbranched alkanes of at least 4 members (excludes halogenated alkanes) is 10. The van der Waals surface area contributed by atoms with Crippen LogP contribution >= 0.6 is 0 Å². The van der Waals surface area contributed by atoms with E-state index in [4.69, 9.17) is 14.2 Å². The third-order valence-corrected chi connectivity index (χ3v) is 12.1. The van der Waals surface area contributed by atoms with Crippen LogP contribution in [0.2, 0.25) is 0 Å². The van der Waals surface area contributed by atoms with Gasteiger partial charge in [0, 0.05) is 19.3 Å². The minimum Gasteiger partial charge on any atom is -0.462 e. The summed E-state index contributed by atoms with van der Waals surface area (Å²) in [6.07, 6.45) is 99.1. The summed E-state index contributed by atoms with van der Waals surface area (Å²) in [6.45, 7) is 6.24. The minimum absolute atomic E-state index is 0.113. The zero-order valence-corrected chi connectivity index (χ0v) is 50.0. The summed E-state index contributed by atoms with van der Waals surface area (Å²) in [5.41, 5.74) is 0. The first-order valence-corrected chi connectivity index (χ1v) is 30.9. The normalized spacial score (nSPS) is 13.5. The van der Waals surface area contributed by atoms with Crippen LogP contribution in [0.1, 0.15) is 226 Å². The maximum absolute atomic E-state index is 12.8. The Morgan fingerprint density at radius 2 is 0.494 bits per heavy atom. The molecule has 0 radical (unpaired) electrons. The van der Waals surface area contributed by atoms with Crippen LogP contribution in [-0.4, -0.2) is 37.2 Å². The topological polar surface area (TPSA) is 78.9 Å². The minimum atomic E-state index is -0.818. The Balaban J connectivity index is 4.26. The summed E-state index contributed by atoms with van der Waals surface area (Å²) in [4.78, 5) is 37.9. The molecule has 0 amide bonds. The van der Waals surface area contributed by atoms with Gasteiger partial charge in [0.15, 0.2) is 6.10 Å². The summed E-state index contributed by atoms with van der Waals surface area (Å²) in [7, 11) is 0. The molecule has 438 valence electrons. The Labute approximate surface area is 484 Å². The molecule has 0 aromatic heterocycles. The maximum Gasteiger partial charge on any atom is 0.306 e. The number of hydrogen-bond donors (Lipinski definition) is 0. The largest absolute Gasteiger partial charge is 0.462 e. The standard InChI is InChI=1S/C73H110O6/c1-4-7-10-13-15-17-19-21-23-25-27-29-31-32-33-34-35-36-37-38-39-40-42-43-45-47-49-51-53-55-57-60-63-66-72(75)78-69-70(68-77-71(74)65-62-59-12-9-6-3)79-73(76)67-64-61-58-56-54-52-50-48-46-44-41-30-28-26-24-22-20-18-16-14-11-8-5-2/h7-8,10-11,15-18,21-24,27-30,32-33,35-36,38-39,42-44,46-47,49-50,52-53,55,70H,4-6,9,12-14,19-20,25-26,31,34,37,40-41,45,48,51,54,56-69H2,1-3H3/b10-7-,11-8-,17-15-,18-16-,23-21-,24-22-,29-27-,30-28-,33-32-,36-35-,39-38-,43-42-,46-44-,49-47-,52-50-,55-53-. The van der Waals surface area contributed by atoms with E-state index in [1.807, 2.05) is 0 Å². The van der Waals surface area contributed by atoms with Crippen molar-refractivity contribution in [2.45, 2.75) is 232 Å². The molecule has 0 bridgehead atoms. The number of esters is 3. The van der Waals surface area contributed by atoms with Gasteiger partial charge in [0.2, 0.25) is 0 Å². The molecule has 79 heavy (non-hydrogen) atoms. The summed E-state index contributed by atoms with van der Waals surface area (Å²) < 4.78 is 16.7. The van der Waals surface area contributed by atoms with Crippen LogP contribution in [0.3, 0.4) is 0 Å². The molecule has 0 aliphatic heterocycles. The van der Waals surface area contributed by atoms with Crippen LogP contribution in [-0.2, 0) is 28.6 Å². The molecule has 0 aliphatic carbocycles. The Morgan fingerprint density at radius 3 is 0.785 bits per heavy atom. The van der Waals surface area contributed by atoms with Gasteiger partial charge < -0.3 is 14.2 Å². The van der Waals surface area contributed by atoms with E-state index in [1.165, 1.54) is 0 Å². The zero-order chi connectivity index (χ0) is 57.1. The van der Waals surface area contributed by atoms with Crippen LogP contribution < -0.4 is 0 Å². The second-order valence-electron chi connectivity index (χ2n) is 19.5. The van der Waals surface area contributed by atoms with Gasteiger partial charge in [-0.3, -0.25) is 14.4 Å². The van der Waals surface area contributed by atoms with Gasteiger partial charge in [-0.1, -0.05) is 254 Å². The molecular formula is C73H110O6. The number of hydrogen-bond acceptors (Lipinski definition) is 6. The van der Waals surface area contributed by atoms with E-state index < -0.39 is 6.10 Å². The van der Waals surface area contributed by atoms with Crippen molar-refractivity contribution in [1.29, 1.82) is 0 Å². The molecule has 0 saturated heterocycles. The summed E-state index contributed by atoms with van der Waals surface area (Å²) in [6, 6.07) is 0. The second kappa shape index (κ2) is 64.8. The molecule has 0 aromatic rings. The number of ether oxygens (including phenoxy) is 3. The fraction of sp³-hybridized carbons (Fsp3) is 0.521. The fourth-order valence-corrected chi connectivity index (χ4v) is 7.53. The molecule has 1 unspecified atom stereocenters. The van der Waals surface area contributed by atoms with Crippen molar-refractivity contribution in [1.82, 2.24) is 0 Å². The van der Waals surface area contributed by atoms with Crippen molar-refractivity contribution >= 4 is 17.9 Å². The van der Waals surface area contributed by atoms with Gasteiger partial charge in [-0.05, 0) is 148 Å². The Hall–Kier alpha value is -5.75. The van der Waals surface area contributed by atoms with E-state index in [9.17, 15) is 14.4 Å². The highest BCUT2D eigenvalue weighted by Gasteiger charge is 2.19. The third kappa shape index (κ3) is 63.0. The van der Waals surface area contributed by atoms with Gasteiger partial charge in [-0.15, -0.1) is 0 Å². The first kappa shape index (κ1) is 73.2. The van der Waals surface area contributed by atoms with Gasteiger partial charge in [0.05, 0.1) is 0 Å². The van der Waals surface area contributed by atoms with Crippen LogP contribution in [0.5, 0.6) is 0 Å². The lowest BCUT2D eigenvalue weighted by molar-refractivity contribution is -0.167. The van der Waals surface area contributed by atoms with Crippen molar-refractivity contribution in [2.75, 3.05) is 13.2 Å². The summed E-state index contributed by atoms with van der Waals surface area (Å²) >= 11 is 0. The fourth-order valence-electron chi connectivity index (χ4n) is 7.53. The van der Waals surface area contributed by atoms with Gasteiger partial charge >= 0.3 is 17.9 Å². The third-order valence-electron chi connectivity index (χ3n) is 12.1. The van der Waals surface area contributed by atoms with Crippen molar-refractivity contribution in [2.24, 2.45) is 0 Å². The van der Waals surface area contributed by atoms with E-state index in [0.717, 1.165) is 180 Å².